The van der Waals surface area contributed by atoms with Crippen LogP contribution < -0.4 is 4.74 Å². The monoisotopic (exact) mass is 367 g/mol. The molecule has 25 heavy (non-hydrogen) atoms. The SMILES string of the molecule is Cc1ccc(OCc2nnc([C@H]3CN(S(C)(=O)=O)CCO3)o2)cc1C. The van der Waals surface area contributed by atoms with Gasteiger partial charge < -0.3 is 13.9 Å². The van der Waals surface area contributed by atoms with E-state index in [2.05, 4.69) is 10.2 Å². The van der Waals surface area contributed by atoms with E-state index in [-0.39, 0.29) is 25.6 Å². The fourth-order valence-corrected chi connectivity index (χ4v) is 3.29. The predicted molar refractivity (Wildman–Crippen MR) is 89.7 cm³/mol. The molecule has 9 heteroatoms. The maximum atomic E-state index is 11.7. The van der Waals surface area contributed by atoms with E-state index in [4.69, 9.17) is 13.9 Å². The highest BCUT2D eigenvalue weighted by atomic mass is 32.2. The molecule has 0 saturated carbocycles. The lowest BCUT2D eigenvalue weighted by Crippen LogP contribution is -2.41. The van der Waals surface area contributed by atoms with Gasteiger partial charge in [0, 0.05) is 13.1 Å². The Morgan fingerprint density at radius 2 is 2.08 bits per heavy atom. The molecule has 0 N–H and O–H groups in total. The van der Waals surface area contributed by atoms with Crippen LogP contribution in [-0.4, -0.2) is 48.9 Å². The lowest BCUT2D eigenvalue weighted by molar-refractivity contribution is -0.0180. The molecular formula is C16H21N3O5S. The van der Waals surface area contributed by atoms with E-state index < -0.39 is 16.1 Å². The molecule has 2 heterocycles. The Labute approximate surface area is 146 Å². The molecule has 3 rings (SSSR count). The van der Waals surface area contributed by atoms with Crippen LogP contribution in [0.1, 0.15) is 29.0 Å². The molecule has 0 unspecified atom stereocenters. The summed E-state index contributed by atoms with van der Waals surface area (Å²) in [5.41, 5.74) is 2.33. The minimum absolute atomic E-state index is 0.137. The molecule has 1 saturated heterocycles. The highest BCUT2D eigenvalue weighted by Crippen LogP contribution is 2.23. The van der Waals surface area contributed by atoms with Crippen LogP contribution in [-0.2, 0) is 21.4 Å². The van der Waals surface area contributed by atoms with Crippen LogP contribution in [0, 0.1) is 13.8 Å². The van der Waals surface area contributed by atoms with Crippen LogP contribution in [0.2, 0.25) is 0 Å². The number of rotatable bonds is 5. The van der Waals surface area contributed by atoms with Gasteiger partial charge in [-0.15, -0.1) is 10.2 Å². The molecule has 0 radical (unpaired) electrons. The normalized spacial score (nSPS) is 19.1. The summed E-state index contributed by atoms with van der Waals surface area (Å²) in [5.74, 6) is 1.29. The molecule has 1 aliphatic rings. The van der Waals surface area contributed by atoms with Crippen molar-refractivity contribution in [3.63, 3.8) is 0 Å². The van der Waals surface area contributed by atoms with Crippen molar-refractivity contribution in [2.24, 2.45) is 0 Å². The number of aromatic nitrogens is 2. The molecule has 1 aromatic heterocycles. The molecule has 1 aliphatic heterocycles. The highest BCUT2D eigenvalue weighted by Gasteiger charge is 2.30. The van der Waals surface area contributed by atoms with Gasteiger partial charge in [0.1, 0.15) is 11.9 Å². The standard InChI is InChI=1S/C16H21N3O5S/c1-11-4-5-13(8-12(11)2)23-10-15-17-18-16(24-15)14-9-19(6-7-22-14)25(3,20)21/h4-5,8,14H,6-7,9-10H2,1-3H3/t14-/m1/s1. The minimum Gasteiger partial charge on any atom is -0.484 e. The van der Waals surface area contributed by atoms with E-state index in [1.165, 1.54) is 16.1 Å². The van der Waals surface area contributed by atoms with Crippen LogP contribution in [0.5, 0.6) is 5.75 Å². The lowest BCUT2D eigenvalue weighted by atomic mass is 10.1. The maximum absolute atomic E-state index is 11.7. The number of ether oxygens (including phenoxy) is 2. The number of hydrogen-bond donors (Lipinski definition) is 0. The molecule has 136 valence electrons. The third-order valence-corrected chi connectivity index (χ3v) is 5.37. The summed E-state index contributed by atoms with van der Waals surface area (Å²) in [7, 11) is -3.28. The van der Waals surface area contributed by atoms with Gasteiger partial charge in [0.2, 0.25) is 15.9 Å². The van der Waals surface area contributed by atoms with Crippen LogP contribution in [0.4, 0.5) is 0 Å². The van der Waals surface area contributed by atoms with Gasteiger partial charge in [-0.1, -0.05) is 6.07 Å². The van der Waals surface area contributed by atoms with E-state index in [0.29, 0.717) is 12.4 Å². The first kappa shape index (κ1) is 17.8. The molecule has 0 spiro atoms. The van der Waals surface area contributed by atoms with E-state index in [0.717, 1.165) is 11.3 Å². The summed E-state index contributed by atoms with van der Waals surface area (Å²) in [5, 5.41) is 7.90. The Bertz CT molecular complexity index is 849. The van der Waals surface area contributed by atoms with Crippen molar-refractivity contribution in [2.45, 2.75) is 26.6 Å². The van der Waals surface area contributed by atoms with E-state index in [9.17, 15) is 8.42 Å². The zero-order chi connectivity index (χ0) is 18.0. The number of benzene rings is 1. The quantitative estimate of drug-likeness (QED) is 0.792. The first-order valence-corrected chi connectivity index (χ1v) is 9.77. The fourth-order valence-electron chi connectivity index (χ4n) is 2.48. The van der Waals surface area contributed by atoms with E-state index in [1.54, 1.807) is 0 Å². The summed E-state index contributed by atoms with van der Waals surface area (Å²) in [6.07, 6.45) is 0.609. The van der Waals surface area contributed by atoms with Crippen molar-refractivity contribution < 1.29 is 22.3 Å². The summed E-state index contributed by atoms with van der Waals surface area (Å²) in [4.78, 5) is 0. The Kier molecular flexibility index (Phi) is 5.07. The predicted octanol–water partition coefficient (Wildman–Crippen LogP) is 1.60. The van der Waals surface area contributed by atoms with E-state index >= 15 is 0 Å². The van der Waals surface area contributed by atoms with Crippen molar-refractivity contribution in [1.82, 2.24) is 14.5 Å². The average molecular weight is 367 g/mol. The van der Waals surface area contributed by atoms with Gasteiger partial charge in [-0.05, 0) is 37.1 Å². The number of nitrogens with zero attached hydrogens (tertiary/aromatic N) is 3. The molecule has 1 aromatic carbocycles. The van der Waals surface area contributed by atoms with Crippen molar-refractivity contribution in [3.8, 4) is 5.75 Å². The molecule has 1 fully saturated rings. The summed E-state index contributed by atoms with van der Waals surface area (Å²) >= 11 is 0. The number of aryl methyl sites for hydroxylation is 2. The summed E-state index contributed by atoms with van der Waals surface area (Å²) < 4.78 is 41.4. The largest absolute Gasteiger partial charge is 0.484 e. The zero-order valence-electron chi connectivity index (χ0n) is 14.4. The van der Waals surface area contributed by atoms with Crippen LogP contribution in [0.15, 0.2) is 22.6 Å². The van der Waals surface area contributed by atoms with Crippen molar-refractivity contribution in [2.75, 3.05) is 26.0 Å². The van der Waals surface area contributed by atoms with Gasteiger partial charge >= 0.3 is 0 Å². The van der Waals surface area contributed by atoms with Gasteiger partial charge in [-0.3, -0.25) is 0 Å². The summed E-state index contributed by atoms with van der Waals surface area (Å²) in [6.45, 7) is 4.96. The first-order chi connectivity index (χ1) is 11.8. The van der Waals surface area contributed by atoms with Crippen molar-refractivity contribution >= 4 is 10.0 Å². The highest BCUT2D eigenvalue weighted by molar-refractivity contribution is 7.88. The number of sulfonamides is 1. The van der Waals surface area contributed by atoms with Gasteiger partial charge in [-0.2, -0.15) is 4.31 Å². The molecule has 0 aliphatic carbocycles. The van der Waals surface area contributed by atoms with Gasteiger partial charge in [-0.25, -0.2) is 8.42 Å². The second-order valence-electron chi connectivity index (χ2n) is 6.05. The number of hydrogen-bond acceptors (Lipinski definition) is 7. The van der Waals surface area contributed by atoms with E-state index in [1.807, 2.05) is 32.0 Å². The van der Waals surface area contributed by atoms with Crippen LogP contribution in [0.3, 0.4) is 0 Å². The Morgan fingerprint density at radius 3 is 2.80 bits per heavy atom. The third-order valence-electron chi connectivity index (χ3n) is 4.10. The van der Waals surface area contributed by atoms with Crippen molar-refractivity contribution in [1.29, 1.82) is 0 Å². The molecule has 2 aromatic rings. The van der Waals surface area contributed by atoms with Gasteiger partial charge in [0.15, 0.2) is 6.61 Å². The second-order valence-corrected chi connectivity index (χ2v) is 8.03. The first-order valence-electron chi connectivity index (χ1n) is 7.92. The van der Waals surface area contributed by atoms with Crippen LogP contribution in [0.25, 0.3) is 0 Å². The number of morpholine rings is 1. The van der Waals surface area contributed by atoms with Crippen molar-refractivity contribution in [3.05, 3.63) is 41.1 Å². The van der Waals surface area contributed by atoms with Gasteiger partial charge in [0.25, 0.3) is 5.89 Å². The molecule has 0 bridgehead atoms. The maximum Gasteiger partial charge on any atom is 0.254 e. The Morgan fingerprint density at radius 1 is 1.28 bits per heavy atom. The Hall–Kier alpha value is -1.97. The van der Waals surface area contributed by atoms with Gasteiger partial charge in [0.05, 0.1) is 12.9 Å². The molecule has 8 nitrogen and oxygen atoms in total. The third kappa shape index (κ3) is 4.36. The van der Waals surface area contributed by atoms with Crippen LogP contribution >= 0.6 is 0 Å². The lowest BCUT2D eigenvalue weighted by Gasteiger charge is -2.29. The molecular weight excluding hydrogens is 346 g/mol. The zero-order valence-corrected chi connectivity index (χ0v) is 15.2. The average Bonchev–Trinajstić information content (AvgIpc) is 3.04. The summed E-state index contributed by atoms with van der Waals surface area (Å²) in [6, 6.07) is 5.81. The smallest absolute Gasteiger partial charge is 0.254 e. The molecule has 1 atom stereocenters. The topological polar surface area (TPSA) is 94.8 Å². The minimum atomic E-state index is -3.28. The Balaban J connectivity index is 1.63. The molecule has 0 amide bonds. The second kappa shape index (κ2) is 7.11. The fraction of sp³-hybridized carbons (Fsp3) is 0.500.